The predicted molar refractivity (Wildman–Crippen MR) is 158 cm³/mol. The van der Waals surface area contributed by atoms with E-state index in [2.05, 4.69) is 25.3 Å². The Bertz CT molecular complexity index is 1710. The fourth-order valence-electron chi connectivity index (χ4n) is 5.37. The maximum atomic E-state index is 15.1. The number of nitrogens with two attached hydrogens (primary N) is 1. The molecule has 4 N–H and O–H groups in total. The molecule has 0 aliphatic carbocycles. The number of hydrogen-bond donors (Lipinski definition) is 3. The van der Waals surface area contributed by atoms with Crippen LogP contribution in [-0.2, 0) is 16.0 Å². The highest BCUT2D eigenvalue weighted by Gasteiger charge is 2.43. The fourth-order valence-corrected chi connectivity index (χ4v) is 5.37. The smallest absolute Gasteiger partial charge is 0.494 e. The van der Waals surface area contributed by atoms with Crippen LogP contribution in [0.1, 0.15) is 25.3 Å². The van der Waals surface area contributed by atoms with Gasteiger partial charge in [-0.3, -0.25) is 4.98 Å². The number of carbonyl (C=O) groups is 1. The highest BCUT2D eigenvalue weighted by Crippen LogP contribution is 2.35. The first-order valence-electron chi connectivity index (χ1n) is 14.3. The molecule has 0 amide bonds. The molecular weight excluding hydrogens is 616 g/mol. The zero-order chi connectivity index (χ0) is 33.0. The first-order chi connectivity index (χ1) is 22.0. The predicted octanol–water partition coefficient (Wildman–Crippen LogP) is 3.69. The topological polar surface area (TPSA) is 163 Å². The molecule has 1 aliphatic heterocycles. The molecule has 2 atom stereocenters. The number of imidazole rings is 1. The van der Waals surface area contributed by atoms with E-state index in [4.69, 9.17) is 19.9 Å². The molecule has 246 valence electrons. The second-order valence-electron chi connectivity index (χ2n) is 10.6. The molecule has 1 aromatic carbocycles. The summed E-state index contributed by atoms with van der Waals surface area (Å²) in [6, 6.07) is 3.44. The van der Waals surface area contributed by atoms with Gasteiger partial charge in [-0.15, -0.1) is 0 Å². The number of hydrogen-bond acceptors (Lipinski definition) is 12. The minimum atomic E-state index is -3.04. The van der Waals surface area contributed by atoms with Crippen molar-refractivity contribution < 1.29 is 41.7 Å². The van der Waals surface area contributed by atoms with E-state index < -0.39 is 35.9 Å². The second-order valence-corrected chi connectivity index (χ2v) is 10.6. The molecule has 0 saturated carbocycles. The summed E-state index contributed by atoms with van der Waals surface area (Å²) in [5, 5.41) is 13.1. The number of piperidine rings is 1. The summed E-state index contributed by atoms with van der Waals surface area (Å²) in [6.45, 7) is 1.91. The van der Waals surface area contributed by atoms with Crippen LogP contribution in [-0.4, -0.2) is 87.4 Å². The van der Waals surface area contributed by atoms with Crippen LogP contribution in [0.5, 0.6) is 5.75 Å². The van der Waals surface area contributed by atoms with Gasteiger partial charge in [0.15, 0.2) is 35.3 Å². The summed E-state index contributed by atoms with van der Waals surface area (Å²) >= 11 is 0. The maximum Gasteiger partial charge on any atom is 0.509 e. The SMILES string of the molecule is CCOC(=O)OCNc1ncnc2c1ncn2Cc1cc(-c2cc(F)c(OC)cc2F)ncc1N1CCC[C@](N)([C@H](O)C(F)F)C1. The average Bonchev–Trinajstić information content (AvgIpc) is 3.45. The number of fused-ring (bicyclic) bond motifs is 1. The Hall–Kier alpha value is -4.77. The number of aliphatic hydroxyl groups is 1. The van der Waals surface area contributed by atoms with Gasteiger partial charge in [0.2, 0.25) is 0 Å². The van der Waals surface area contributed by atoms with Crippen LogP contribution >= 0.6 is 0 Å². The van der Waals surface area contributed by atoms with Crippen molar-refractivity contribution in [3.05, 3.63) is 54.2 Å². The van der Waals surface area contributed by atoms with E-state index in [0.29, 0.717) is 35.4 Å². The molecule has 0 radical (unpaired) electrons. The Morgan fingerprint density at radius 2 is 1.96 bits per heavy atom. The summed E-state index contributed by atoms with van der Waals surface area (Å²) in [5.74, 6) is -1.57. The minimum absolute atomic E-state index is 0.0723. The molecule has 4 heterocycles. The lowest BCUT2D eigenvalue weighted by Gasteiger charge is -2.44. The summed E-state index contributed by atoms with van der Waals surface area (Å²) in [6.07, 6.45) is -1.19. The van der Waals surface area contributed by atoms with Crippen LogP contribution in [0.3, 0.4) is 0 Å². The number of rotatable bonds is 11. The first kappa shape index (κ1) is 32.6. The molecule has 1 saturated heterocycles. The lowest BCUT2D eigenvalue weighted by Crippen LogP contribution is -2.63. The monoisotopic (exact) mass is 648 g/mol. The molecule has 0 unspecified atom stereocenters. The van der Waals surface area contributed by atoms with E-state index in [1.807, 2.05) is 0 Å². The zero-order valence-corrected chi connectivity index (χ0v) is 24.9. The lowest BCUT2D eigenvalue weighted by molar-refractivity contribution is -0.0529. The molecular formula is C29H32F4N8O5. The Kier molecular flexibility index (Phi) is 9.71. The normalized spacial score (nSPS) is 17.3. The highest BCUT2D eigenvalue weighted by atomic mass is 19.3. The number of pyridine rings is 1. The molecule has 1 fully saturated rings. The van der Waals surface area contributed by atoms with E-state index in [1.54, 1.807) is 22.5 Å². The van der Waals surface area contributed by atoms with Crippen LogP contribution in [0.25, 0.3) is 22.4 Å². The summed E-state index contributed by atoms with van der Waals surface area (Å²) in [4.78, 5) is 30.5. The number of ether oxygens (including phenoxy) is 3. The van der Waals surface area contributed by atoms with Crippen molar-refractivity contribution in [2.75, 3.05) is 43.8 Å². The lowest BCUT2D eigenvalue weighted by atomic mass is 9.84. The second kappa shape index (κ2) is 13.7. The van der Waals surface area contributed by atoms with Crippen LogP contribution in [0, 0.1) is 11.6 Å². The Morgan fingerprint density at radius 1 is 1.15 bits per heavy atom. The molecule has 4 aromatic rings. The number of nitrogens with zero attached hydrogens (tertiary/aromatic N) is 6. The number of aromatic nitrogens is 5. The van der Waals surface area contributed by atoms with E-state index in [0.717, 1.165) is 12.1 Å². The Morgan fingerprint density at radius 3 is 2.70 bits per heavy atom. The van der Waals surface area contributed by atoms with Gasteiger partial charge in [0, 0.05) is 24.7 Å². The van der Waals surface area contributed by atoms with Gasteiger partial charge in [-0.2, -0.15) is 0 Å². The number of carbonyl (C=O) groups excluding carboxylic acids is 1. The van der Waals surface area contributed by atoms with Gasteiger partial charge in [-0.25, -0.2) is 37.3 Å². The molecule has 17 heteroatoms. The maximum absolute atomic E-state index is 15.1. The van der Waals surface area contributed by atoms with E-state index >= 15 is 4.39 Å². The first-order valence-corrected chi connectivity index (χ1v) is 14.3. The van der Waals surface area contributed by atoms with Crippen LogP contribution in [0.4, 0.5) is 33.9 Å². The van der Waals surface area contributed by atoms with Crippen LogP contribution in [0.2, 0.25) is 0 Å². The Balaban J connectivity index is 1.52. The number of benzene rings is 1. The van der Waals surface area contributed by atoms with Gasteiger partial charge in [-0.1, -0.05) is 0 Å². The zero-order valence-electron chi connectivity index (χ0n) is 24.9. The molecule has 46 heavy (non-hydrogen) atoms. The van der Waals surface area contributed by atoms with Gasteiger partial charge in [0.1, 0.15) is 18.2 Å². The van der Waals surface area contributed by atoms with Crippen molar-refractivity contribution in [3.8, 4) is 17.0 Å². The molecule has 1 aliphatic rings. The number of alkyl halides is 2. The van der Waals surface area contributed by atoms with Gasteiger partial charge in [0.25, 0.3) is 6.43 Å². The van der Waals surface area contributed by atoms with E-state index in [1.165, 1.54) is 26.0 Å². The van der Waals surface area contributed by atoms with Gasteiger partial charge in [0.05, 0.1) is 49.7 Å². The summed E-state index contributed by atoms with van der Waals surface area (Å²) < 4.78 is 72.9. The number of aliphatic hydroxyl groups excluding tert-OH is 1. The standard InChI is InChI=1S/C29H32F4N8O5/c1-3-45-28(43)46-15-39-26-23-27(37-13-36-26)41(14-38-23)11-16-7-20(17-8-19(31)22(44-2)9-18(17)30)35-10-21(16)40-6-4-5-29(34,12-40)24(42)25(32)33/h7-10,13-14,24-25,42H,3-6,11-12,15,34H2,1-2H3,(H,36,37,39)/t24-,29-/m1/s1. The molecule has 3 aromatic heterocycles. The van der Waals surface area contributed by atoms with E-state index in [9.17, 15) is 23.1 Å². The van der Waals surface area contributed by atoms with Gasteiger partial charge >= 0.3 is 6.16 Å². The highest BCUT2D eigenvalue weighted by molar-refractivity contribution is 5.82. The molecule has 5 rings (SSSR count). The summed E-state index contributed by atoms with van der Waals surface area (Å²) in [5.41, 5.74) is 6.38. The van der Waals surface area contributed by atoms with Gasteiger partial charge in [-0.05, 0) is 37.5 Å². The average molecular weight is 649 g/mol. The van der Waals surface area contributed by atoms with Crippen molar-refractivity contribution >= 4 is 28.8 Å². The van der Waals surface area contributed by atoms with Crippen LogP contribution < -0.4 is 20.7 Å². The van der Waals surface area contributed by atoms with E-state index in [-0.39, 0.29) is 55.7 Å². The van der Waals surface area contributed by atoms with Crippen molar-refractivity contribution in [3.63, 3.8) is 0 Å². The number of nitrogens with one attached hydrogen (secondary N) is 1. The minimum Gasteiger partial charge on any atom is -0.494 e. The largest absolute Gasteiger partial charge is 0.509 e. The molecule has 13 nitrogen and oxygen atoms in total. The number of halogens is 4. The van der Waals surface area contributed by atoms with Crippen molar-refractivity contribution in [2.45, 2.75) is 44.4 Å². The van der Waals surface area contributed by atoms with Crippen molar-refractivity contribution in [2.24, 2.45) is 5.73 Å². The fraction of sp³-hybridized carbons (Fsp3) is 0.414. The quantitative estimate of drug-likeness (QED) is 0.123. The third kappa shape index (κ3) is 6.74. The summed E-state index contributed by atoms with van der Waals surface area (Å²) in [7, 11) is 1.22. The third-order valence-corrected chi connectivity index (χ3v) is 7.64. The third-order valence-electron chi connectivity index (χ3n) is 7.64. The Labute approximate surface area is 260 Å². The number of methoxy groups -OCH3 is 1. The van der Waals surface area contributed by atoms with Crippen molar-refractivity contribution in [1.82, 2.24) is 24.5 Å². The van der Waals surface area contributed by atoms with Crippen molar-refractivity contribution in [1.29, 1.82) is 0 Å². The van der Waals surface area contributed by atoms with Crippen LogP contribution in [0.15, 0.2) is 37.1 Å². The van der Waals surface area contributed by atoms with Gasteiger partial charge < -0.3 is 39.8 Å². The molecule has 0 bridgehead atoms. The molecule has 0 spiro atoms. The number of anilines is 2.